The van der Waals surface area contributed by atoms with Crippen LogP contribution in [0.3, 0.4) is 0 Å². The van der Waals surface area contributed by atoms with E-state index in [1.54, 1.807) is 0 Å². The SMILES string of the molecule is CCN1CCCC1CNC(=NC)NCc1nccn1Cc1ccccc1. The highest BCUT2D eigenvalue weighted by atomic mass is 15.2. The van der Waals surface area contributed by atoms with Gasteiger partial charge in [0.25, 0.3) is 0 Å². The molecule has 2 N–H and O–H groups in total. The lowest BCUT2D eigenvalue weighted by atomic mass is 10.2. The molecule has 1 aliphatic rings. The van der Waals surface area contributed by atoms with Gasteiger partial charge in [0.2, 0.25) is 0 Å². The topological polar surface area (TPSA) is 57.5 Å². The molecule has 0 bridgehead atoms. The average molecular weight is 355 g/mol. The van der Waals surface area contributed by atoms with Gasteiger partial charge in [-0.25, -0.2) is 4.98 Å². The maximum absolute atomic E-state index is 4.49. The van der Waals surface area contributed by atoms with Gasteiger partial charge >= 0.3 is 0 Å². The van der Waals surface area contributed by atoms with Gasteiger partial charge in [-0.3, -0.25) is 9.89 Å². The number of nitrogens with one attached hydrogen (secondary N) is 2. The number of likely N-dealkylation sites (N-methyl/N-ethyl adjacent to an activating group) is 1. The Labute approximate surface area is 156 Å². The molecule has 0 saturated carbocycles. The first-order chi connectivity index (χ1) is 12.8. The number of benzene rings is 1. The van der Waals surface area contributed by atoms with Crippen LogP contribution in [0.25, 0.3) is 0 Å². The molecule has 6 nitrogen and oxygen atoms in total. The lowest BCUT2D eigenvalue weighted by Gasteiger charge is -2.24. The Morgan fingerprint density at radius 3 is 2.88 bits per heavy atom. The number of hydrogen-bond acceptors (Lipinski definition) is 3. The number of nitrogens with zero attached hydrogens (tertiary/aromatic N) is 4. The minimum absolute atomic E-state index is 0.610. The van der Waals surface area contributed by atoms with E-state index in [-0.39, 0.29) is 0 Å². The molecule has 0 spiro atoms. The first-order valence-electron chi connectivity index (χ1n) is 9.52. The van der Waals surface area contributed by atoms with Crippen LogP contribution in [0.5, 0.6) is 0 Å². The van der Waals surface area contributed by atoms with Crippen molar-refractivity contribution in [3.8, 4) is 0 Å². The van der Waals surface area contributed by atoms with Crippen molar-refractivity contribution in [1.29, 1.82) is 0 Å². The lowest BCUT2D eigenvalue weighted by Crippen LogP contribution is -2.44. The molecule has 140 valence electrons. The Kier molecular flexibility index (Phi) is 6.66. The largest absolute Gasteiger partial charge is 0.355 e. The number of aromatic nitrogens is 2. The average Bonchev–Trinajstić information content (AvgIpc) is 3.32. The summed E-state index contributed by atoms with van der Waals surface area (Å²) in [5, 5.41) is 6.86. The third-order valence-electron chi connectivity index (χ3n) is 5.05. The third-order valence-corrected chi connectivity index (χ3v) is 5.05. The van der Waals surface area contributed by atoms with Gasteiger partial charge < -0.3 is 15.2 Å². The van der Waals surface area contributed by atoms with E-state index >= 15 is 0 Å². The van der Waals surface area contributed by atoms with Crippen molar-refractivity contribution >= 4 is 5.96 Å². The second kappa shape index (κ2) is 9.38. The number of likely N-dealkylation sites (tertiary alicyclic amines) is 1. The highest BCUT2D eigenvalue weighted by Crippen LogP contribution is 2.15. The van der Waals surface area contributed by atoms with Crippen molar-refractivity contribution in [3.05, 3.63) is 54.1 Å². The monoisotopic (exact) mass is 354 g/mol. The Balaban J connectivity index is 1.50. The highest BCUT2D eigenvalue weighted by molar-refractivity contribution is 5.79. The van der Waals surface area contributed by atoms with Crippen LogP contribution in [0.2, 0.25) is 0 Å². The molecule has 1 saturated heterocycles. The Morgan fingerprint density at radius 2 is 2.12 bits per heavy atom. The van der Waals surface area contributed by atoms with E-state index in [1.807, 2.05) is 25.5 Å². The second-order valence-corrected chi connectivity index (χ2v) is 6.69. The normalized spacial score (nSPS) is 18.2. The smallest absolute Gasteiger partial charge is 0.191 e. The van der Waals surface area contributed by atoms with Crippen molar-refractivity contribution in [2.24, 2.45) is 4.99 Å². The molecule has 0 radical (unpaired) electrons. The van der Waals surface area contributed by atoms with E-state index in [0.717, 1.165) is 31.4 Å². The summed E-state index contributed by atoms with van der Waals surface area (Å²) in [6, 6.07) is 11.1. The fourth-order valence-electron chi connectivity index (χ4n) is 3.57. The summed E-state index contributed by atoms with van der Waals surface area (Å²) in [7, 11) is 1.82. The minimum atomic E-state index is 0.610. The molecule has 1 unspecified atom stereocenters. The Hall–Kier alpha value is -2.34. The van der Waals surface area contributed by atoms with E-state index in [0.29, 0.717) is 12.6 Å². The standard InChI is InChI=1S/C20H30N6/c1-3-25-12-7-10-18(25)14-23-20(21-2)24-15-19-22-11-13-26(19)16-17-8-5-4-6-9-17/h4-6,8-9,11,13,18H,3,7,10,12,14-16H2,1-2H3,(H2,21,23,24). The molecule has 2 aromatic rings. The predicted octanol–water partition coefficient (Wildman–Crippen LogP) is 2.08. The molecule has 1 aromatic carbocycles. The Bertz CT molecular complexity index is 693. The summed E-state index contributed by atoms with van der Waals surface area (Å²) in [6.45, 7) is 6.99. The van der Waals surface area contributed by atoms with Gasteiger partial charge in [0, 0.05) is 38.6 Å². The van der Waals surface area contributed by atoms with Crippen LogP contribution in [-0.4, -0.2) is 53.1 Å². The van der Waals surface area contributed by atoms with Gasteiger partial charge in [-0.05, 0) is 31.5 Å². The second-order valence-electron chi connectivity index (χ2n) is 6.69. The van der Waals surface area contributed by atoms with Crippen LogP contribution in [0.4, 0.5) is 0 Å². The van der Waals surface area contributed by atoms with Crippen LogP contribution in [0.15, 0.2) is 47.7 Å². The summed E-state index contributed by atoms with van der Waals surface area (Å²) < 4.78 is 2.17. The van der Waals surface area contributed by atoms with Gasteiger partial charge in [-0.15, -0.1) is 0 Å². The summed E-state index contributed by atoms with van der Waals surface area (Å²) in [5.41, 5.74) is 1.27. The zero-order valence-corrected chi connectivity index (χ0v) is 15.9. The molecular formula is C20H30N6. The van der Waals surface area contributed by atoms with Crippen LogP contribution in [-0.2, 0) is 13.1 Å². The van der Waals surface area contributed by atoms with E-state index < -0.39 is 0 Å². The van der Waals surface area contributed by atoms with Crippen molar-refractivity contribution in [1.82, 2.24) is 25.1 Å². The van der Waals surface area contributed by atoms with E-state index in [4.69, 9.17) is 0 Å². The zero-order chi connectivity index (χ0) is 18.2. The number of imidazole rings is 1. The minimum Gasteiger partial charge on any atom is -0.355 e. The molecule has 1 aliphatic heterocycles. The summed E-state index contributed by atoms with van der Waals surface area (Å²) >= 11 is 0. The van der Waals surface area contributed by atoms with Gasteiger partial charge in [-0.1, -0.05) is 37.3 Å². The van der Waals surface area contributed by atoms with Crippen molar-refractivity contribution in [2.75, 3.05) is 26.7 Å². The van der Waals surface area contributed by atoms with Gasteiger partial charge in [0.15, 0.2) is 5.96 Å². The first kappa shape index (κ1) is 18.5. The first-order valence-corrected chi connectivity index (χ1v) is 9.52. The Morgan fingerprint density at radius 1 is 1.27 bits per heavy atom. The van der Waals surface area contributed by atoms with E-state index in [2.05, 4.69) is 61.3 Å². The summed E-state index contributed by atoms with van der Waals surface area (Å²) in [4.78, 5) is 11.4. The molecule has 1 aromatic heterocycles. The van der Waals surface area contributed by atoms with Crippen molar-refractivity contribution in [2.45, 2.75) is 38.9 Å². The molecule has 1 atom stereocenters. The quantitative estimate of drug-likeness (QED) is 0.590. The summed E-state index contributed by atoms with van der Waals surface area (Å²) in [6.07, 6.45) is 6.44. The molecule has 0 aliphatic carbocycles. The molecule has 0 amide bonds. The molecule has 26 heavy (non-hydrogen) atoms. The number of hydrogen-bond donors (Lipinski definition) is 2. The predicted molar refractivity (Wildman–Crippen MR) is 106 cm³/mol. The fraction of sp³-hybridized carbons (Fsp3) is 0.500. The highest BCUT2D eigenvalue weighted by Gasteiger charge is 2.22. The van der Waals surface area contributed by atoms with Crippen LogP contribution < -0.4 is 10.6 Å². The maximum Gasteiger partial charge on any atom is 0.191 e. The number of rotatable bonds is 7. The van der Waals surface area contributed by atoms with Crippen LogP contribution >= 0.6 is 0 Å². The molecule has 3 rings (SSSR count). The fourth-order valence-corrected chi connectivity index (χ4v) is 3.57. The zero-order valence-electron chi connectivity index (χ0n) is 15.9. The molecule has 6 heteroatoms. The maximum atomic E-state index is 4.49. The number of guanidine groups is 1. The molecular weight excluding hydrogens is 324 g/mol. The van der Waals surface area contributed by atoms with E-state index in [1.165, 1.54) is 24.9 Å². The third kappa shape index (κ3) is 4.85. The van der Waals surface area contributed by atoms with Crippen molar-refractivity contribution < 1.29 is 0 Å². The van der Waals surface area contributed by atoms with Gasteiger partial charge in [0.05, 0.1) is 6.54 Å². The van der Waals surface area contributed by atoms with Gasteiger partial charge in [0.1, 0.15) is 5.82 Å². The van der Waals surface area contributed by atoms with E-state index in [9.17, 15) is 0 Å². The number of aliphatic imine (C=N–C) groups is 1. The summed E-state index contributed by atoms with van der Waals surface area (Å²) in [5.74, 6) is 1.84. The van der Waals surface area contributed by atoms with Gasteiger partial charge in [-0.2, -0.15) is 0 Å². The van der Waals surface area contributed by atoms with Crippen LogP contribution in [0, 0.1) is 0 Å². The van der Waals surface area contributed by atoms with Crippen LogP contribution in [0.1, 0.15) is 31.2 Å². The van der Waals surface area contributed by atoms with Crippen molar-refractivity contribution in [3.63, 3.8) is 0 Å². The molecule has 1 fully saturated rings. The lowest BCUT2D eigenvalue weighted by molar-refractivity contribution is 0.267. The molecule has 2 heterocycles.